The SMILES string of the molecule is CN(C)c1ncc(-c2ccncc2)cn1. The van der Waals surface area contributed by atoms with Crippen molar-refractivity contribution < 1.29 is 0 Å². The van der Waals surface area contributed by atoms with E-state index in [0.717, 1.165) is 11.1 Å². The molecule has 4 heteroatoms. The molecule has 0 aliphatic carbocycles. The fraction of sp³-hybridized carbons (Fsp3) is 0.182. The third-order valence-electron chi connectivity index (χ3n) is 2.05. The highest BCUT2D eigenvalue weighted by Gasteiger charge is 2.00. The highest BCUT2D eigenvalue weighted by molar-refractivity contribution is 5.61. The predicted octanol–water partition coefficient (Wildman–Crippen LogP) is 1.60. The van der Waals surface area contributed by atoms with Crippen LogP contribution in [0.4, 0.5) is 5.95 Å². The molecule has 0 N–H and O–H groups in total. The number of hydrogen-bond donors (Lipinski definition) is 0. The summed E-state index contributed by atoms with van der Waals surface area (Å²) in [5.74, 6) is 0.716. The molecule has 2 aromatic heterocycles. The molecular formula is C11H12N4. The Hall–Kier alpha value is -1.97. The standard InChI is InChI=1S/C11H12N4/c1-15(2)11-13-7-10(8-14-11)9-3-5-12-6-4-9/h3-8H,1-2H3. The molecule has 0 radical (unpaired) electrons. The maximum absolute atomic E-state index is 4.25. The van der Waals surface area contributed by atoms with Gasteiger partial charge in [0.25, 0.3) is 0 Å². The monoisotopic (exact) mass is 200 g/mol. The van der Waals surface area contributed by atoms with Gasteiger partial charge in [-0.2, -0.15) is 0 Å². The molecule has 4 nitrogen and oxygen atoms in total. The second kappa shape index (κ2) is 4.04. The summed E-state index contributed by atoms with van der Waals surface area (Å²) >= 11 is 0. The number of hydrogen-bond acceptors (Lipinski definition) is 4. The number of aromatic nitrogens is 3. The minimum atomic E-state index is 0.716. The van der Waals surface area contributed by atoms with Gasteiger partial charge in [-0.25, -0.2) is 9.97 Å². The van der Waals surface area contributed by atoms with Gasteiger partial charge in [-0.05, 0) is 17.7 Å². The van der Waals surface area contributed by atoms with Crippen molar-refractivity contribution in [2.75, 3.05) is 19.0 Å². The van der Waals surface area contributed by atoms with Gasteiger partial charge in [0.1, 0.15) is 0 Å². The van der Waals surface area contributed by atoms with Crippen molar-refractivity contribution in [3.05, 3.63) is 36.9 Å². The normalized spacial score (nSPS) is 10.0. The van der Waals surface area contributed by atoms with E-state index in [-0.39, 0.29) is 0 Å². The molecule has 0 aliphatic rings. The Morgan fingerprint density at radius 3 is 2.07 bits per heavy atom. The van der Waals surface area contributed by atoms with Gasteiger partial charge < -0.3 is 4.90 Å². The van der Waals surface area contributed by atoms with Gasteiger partial charge in [0.2, 0.25) is 5.95 Å². The van der Waals surface area contributed by atoms with Crippen LogP contribution in [0.25, 0.3) is 11.1 Å². The Labute approximate surface area is 88.6 Å². The molecule has 0 saturated carbocycles. The van der Waals surface area contributed by atoms with Crippen molar-refractivity contribution >= 4 is 5.95 Å². The maximum Gasteiger partial charge on any atom is 0.224 e. The van der Waals surface area contributed by atoms with E-state index in [1.165, 1.54) is 0 Å². The lowest BCUT2D eigenvalue weighted by molar-refractivity contribution is 1.000. The van der Waals surface area contributed by atoms with Crippen LogP contribution in [-0.4, -0.2) is 29.0 Å². The fourth-order valence-electron chi connectivity index (χ4n) is 1.25. The van der Waals surface area contributed by atoms with E-state index < -0.39 is 0 Å². The van der Waals surface area contributed by atoms with Crippen LogP contribution < -0.4 is 4.90 Å². The van der Waals surface area contributed by atoms with E-state index in [9.17, 15) is 0 Å². The van der Waals surface area contributed by atoms with Crippen molar-refractivity contribution in [2.24, 2.45) is 0 Å². The molecule has 0 aliphatic heterocycles. The van der Waals surface area contributed by atoms with E-state index in [2.05, 4.69) is 15.0 Å². The maximum atomic E-state index is 4.25. The molecule has 76 valence electrons. The number of pyridine rings is 1. The van der Waals surface area contributed by atoms with Gasteiger partial charge in [0.05, 0.1) is 0 Å². The Kier molecular flexibility index (Phi) is 2.58. The molecule has 0 bridgehead atoms. The van der Waals surface area contributed by atoms with E-state index in [1.54, 1.807) is 12.4 Å². The van der Waals surface area contributed by atoms with E-state index in [0.29, 0.717) is 5.95 Å². The van der Waals surface area contributed by atoms with Crippen LogP contribution in [0, 0.1) is 0 Å². The van der Waals surface area contributed by atoms with Gasteiger partial charge >= 0.3 is 0 Å². The van der Waals surface area contributed by atoms with Crippen LogP contribution >= 0.6 is 0 Å². The fourth-order valence-corrected chi connectivity index (χ4v) is 1.25. The van der Waals surface area contributed by atoms with Gasteiger partial charge in [-0.15, -0.1) is 0 Å². The largest absolute Gasteiger partial charge is 0.347 e. The van der Waals surface area contributed by atoms with Crippen molar-refractivity contribution in [3.8, 4) is 11.1 Å². The van der Waals surface area contributed by atoms with Gasteiger partial charge in [0, 0.05) is 44.4 Å². The van der Waals surface area contributed by atoms with Gasteiger partial charge in [-0.3, -0.25) is 4.98 Å². The predicted molar refractivity (Wildman–Crippen MR) is 59.6 cm³/mol. The summed E-state index contributed by atoms with van der Waals surface area (Å²) < 4.78 is 0. The lowest BCUT2D eigenvalue weighted by Crippen LogP contribution is -2.12. The minimum Gasteiger partial charge on any atom is -0.347 e. The van der Waals surface area contributed by atoms with Crippen molar-refractivity contribution in [3.63, 3.8) is 0 Å². The first-order valence-corrected chi connectivity index (χ1v) is 4.67. The van der Waals surface area contributed by atoms with E-state index in [4.69, 9.17) is 0 Å². The van der Waals surface area contributed by atoms with Crippen LogP contribution in [0.5, 0.6) is 0 Å². The van der Waals surface area contributed by atoms with E-state index >= 15 is 0 Å². The van der Waals surface area contributed by atoms with Gasteiger partial charge in [0.15, 0.2) is 0 Å². The van der Waals surface area contributed by atoms with Crippen molar-refractivity contribution in [1.82, 2.24) is 15.0 Å². The zero-order valence-electron chi connectivity index (χ0n) is 8.75. The third-order valence-corrected chi connectivity index (χ3v) is 2.05. The molecule has 0 aromatic carbocycles. The van der Waals surface area contributed by atoms with Crippen LogP contribution in [-0.2, 0) is 0 Å². The number of anilines is 1. The molecule has 2 aromatic rings. The summed E-state index contributed by atoms with van der Waals surface area (Å²) in [6.45, 7) is 0. The average molecular weight is 200 g/mol. The minimum absolute atomic E-state index is 0.716. The van der Waals surface area contributed by atoms with Crippen LogP contribution in [0.15, 0.2) is 36.9 Å². The summed E-state index contributed by atoms with van der Waals surface area (Å²) in [5.41, 5.74) is 2.08. The molecule has 15 heavy (non-hydrogen) atoms. The molecule has 0 spiro atoms. The first-order valence-electron chi connectivity index (χ1n) is 4.67. The molecule has 0 fully saturated rings. The van der Waals surface area contributed by atoms with Crippen molar-refractivity contribution in [2.45, 2.75) is 0 Å². The Morgan fingerprint density at radius 1 is 0.933 bits per heavy atom. The van der Waals surface area contributed by atoms with Crippen LogP contribution in [0.3, 0.4) is 0 Å². The Morgan fingerprint density at radius 2 is 1.53 bits per heavy atom. The second-order valence-electron chi connectivity index (χ2n) is 3.40. The summed E-state index contributed by atoms with van der Waals surface area (Å²) in [7, 11) is 3.84. The molecule has 0 atom stereocenters. The third kappa shape index (κ3) is 2.10. The Balaban J connectivity index is 2.32. The summed E-state index contributed by atoms with van der Waals surface area (Å²) in [6.07, 6.45) is 7.15. The molecule has 0 unspecified atom stereocenters. The molecule has 0 amide bonds. The van der Waals surface area contributed by atoms with E-state index in [1.807, 2.05) is 43.5 Å². The van der Waals surface area contributed by atoms with Crippen LogP contribution in [0.1, 0.15) is 0 Å². The zero-order chi connectivity index (χ0) is 10.7. The number of nitrogens with zero attached hydrogens (tertiary/aromatic N) is 4. The summed E-state index contributed by atoms with van der Waals surface area (Å²) in [4.78, 5) is 14.3. The first kappa shape index (κ1) is 9.58. The van der Waals surface area contributed by atoms with Crippen LogP contribution in [0.2, 0.25) is 0 Å². The number of rotatable bonds is 2. The highest BCUT2D eigenvalue weighted by atomic mass is 15.2. The smallest absolute Gasteiger partial charge is 0.224 e. The average Bonchev–Trinajstić information content (AvgIpc) is 2.30. The first-order chi connectivity index (χ1) is 7.27. The second-order valence-corrected chi connectivity index (χ2v) is 3.40. The highest BCUT2D eigenvalue weighted by Crippen LogP contribution is 2.16. The quantitative estimate of drug-likeness (QED) is 0.738. The zero-order valence-corrected chi connectivity index (χ0v) is 8.75. The molecule has 2 heterocycles. The topological polar surface area (TPSA) is 41.9 Å². The summed E-state index contributed by atoms with van der Waals surface area (Å²) in [6, 6.07) is 3.88. The molecule has 2 rings (SSSR count). The van der Waals surface area contributed by atoms with Crippen molar-refractivity contribution in [1.29, 1.82) is 0 Å². The lowest BCUT2D eigenvalue weighted by Gasteiger charge is -2.09. The van der Waals surface area contributed by atoms with Gasteiger partial charge in [-0.1, -0.05) is 0 Å². The molecule has 0 saturated heterocycles. The Bertz CT molecular complexity index is 422. The summed E-state index contributed by atoms with van der Waals surface area (Å²) in [5, 5.41) is 0. The molecular weight excluding hydrogens is 188 g/mol. The lowest BCUT2D eigenvalue weighted by atomic mass is 10.1.